The third-order valence-electron chi connectivity index (χ3n) is 6.65. The fourth-order valence-electron chi connectivity index (χ4n) is 4.15. The summed E-state index contributed by atoms with van der Waals surface area (Å²) in [5, 5.41) is 3.70. The minimum atomic E-state index is -0.705. The number of nitrogens with one attached hydrogen (secondary N) is 1. The number of carbonyl (C=O) groups excluding carboxylic acids is 2. The van der Waals surface area contributed by atoms with Gasteiger partial charge in [-0.25, -0.2) is 0 Å². The molecule has 0 fully saturated rings. The van der Waals surface area contributed by atoms with Gasteiger partial charge in [-0.05, 0) is 80.1 Å². The molecule has 0 saturated carbocycles. The fourth-order valence-corrected chi connectivity index (χ4v) is 4.28. The van der Waals surface area contributed by atoms with Crippen LogP contribution in [0.2, 0.25) is 5.02 Å². The molecule has 0 aliphatic carbocycles. The highest BCUT2D eigenvalue weighted by molar-refractivity contribution is 6.30. The number of hydrogen-bond acceptors (Lipinski definition) is 3. The van der Waals surface area contributed by atoms with Crippen molar-refractivity contribution >= 4 is 23.4 Å². The zero-order chi connectivity index (χ0) is 26.9. The molecule has 0 radical (unpaired) electrons. The summed E-state index contributed by atoms with van der Waals surface area (Å²) in [6.07, 6.45) is 1.19. The predicted octanol–water partition coefficient (Wildman–Crippen LogP) is 6.20. The van der Waals surface area contributed by atoms with Crippen LogP contribution in [-0.4, -0.2) is 35.4 Å². The van der Waals surface area contributed by atoms with E-state index < -0.39 is 6.04 Å². The van der Waals surface area contributed by atoms with E-state index in [9.17, 15) is 9.59 Å². The first-order valence-electron chi connectivity index (χ1n) is 12.8. The molecule has 1 N–H and O–H groups in total. The van der Waals surface area contributed by atoms with E-state index in [-0.39, 0.29) is 31.0 Å². The smallest absolute Gasteiger partial charge is 0.261 e. The van der Waals surface area contributed by atoms with Crippen LogP contribution in [-0.2, 0) is 22.6 Å². The Morgan fingerprint density at radius 2 is 1.65 bits per heavy atom. The van der Waals surface area contributed by atoms with Gasteiger partial charge in [-0.1, -0.05) is 67.1 Å². The minimum absolute atomic E-state index is 0.00701. The Morgan fingerprint density at radius 1 is 0.973 bits per heavy atom. The van der Waals surface area contributed by atoms with Crippen molar-refractivity contribution in [2.75, 3.05) is 6.61 Å². The first kappa shape index (κ1) is 28.3. The van der Waals surface area contributed by atoms with Crippen LogP contribution in [0.1, 0.15) is 48.1 Å². The van der Waals surface area contributed by atoms with Crippen molar-refractivity contribution in [3.05, 3.63) is 99.6 Å². The summed E-state index contributed by atoms with van der Waals surface area (Å²) in [5.74, 6) is 0.248. The molecule has 3 aromatic carbocycles. The van der Waals surface area contributed by atoms with E-state index in [1.54, 1.807) is 17.0 Å². The van der Waals surface area contributed by atoms with E-state index in [0.29, 0.717) is 17.2 Å². The van der Waals surface area contributed by atoms with Crippen LogP contribution in [0.3, 0.4) is 0 Å². The molecule has 0 aliphatic heterocycles. The van der Waals surface area contributed by atoms with Crippen molar-refractivity contribution in [2.24, 2.45) is 0 Å². The molecule has 0 spiro atoms. The van der Waals surface area contributed by atoms with Gasteiger partial charge in [0.2, 0.25) is 5.91 Å². The normalized spacial score (nSPS) is 12.5. The van der Waals surface area contributed by atoms with Gasteiger partial charge in [0, 0.05) is 24.0 Å². The van der Waals surface area contributed by atoms with Crippen LogP contribution in [0, 0.1) is 20.8 Å². The summed E-state index contributed by atoms with van der Waals surface area (Å²) in [5.41, 5.74) is 5.04. The van der Waals surface area contributed by atoms with Crippen molar-refractivity contribution in [1.82, 2.24) is 10.2 Å². The fraction of sp³-hybridized carbons (Fsp3) is 0.355. The second-order valence-corrected chi connectivity index (χ2v) is 10.1. The molecule has 37 heavy (non-hydrogen) atoms. The van der Waals surface area contributed by atoms with Crippen LogP contribution < -0.4 is 10.1 Å². The first-order chi connectivity index (χ1) is 17.7. The van der Waals surface area contributed by atoms with Crippen molar-refractivity contribution in [3.63, 3.8) is 0 Å². The topological polar surface area (TPSA) is 58.6 Å². The van der Waals surface area contributed by atoms with Gasteiger partial charge in [0.15, 0.2) is 6.61 Å². The molecule has 0 aliphatic rings. The molecule has 2 atom stereocenters. The van der Waals surface area contributed by atoms with Gasteiger partial charge in [0.1, 0.15) is 11.8 Å². The maximum Gasteiger partial charge on any atom is 0.261 e. The summed E-state index contributed by atoms with van der Waals surface area (Å²) in [6.45, 7) is 10.1. The van der Waals surface area contributed by atoms with E-state index >= 15 is 0 Å². The summed E-state index contributed by atoms with van der Waals surface area (Å²) < 4.78 is 6.04. The Hall–Kier alpha value is -3.31. The van der Waals surface area contributed by atoms with Gasteiger partial charge >= 0.3 is 0 Å². The highest BCUT2D eigenvalue weighted by atomic mass is 35.5. The monoisotopic (exact) mass is 520 g/mol. The number of halogens is 1. The van der Waals surface area contributed by atoms with Crippen LogP contribution >= 0.6 is 11.6 Å². The lowest BCUT2D eigenvalue weighted by atomic mass is 10.0. The zero-order valence-corrected chi connectivity index (χ0v) is 23.1. The van der Waals surface area contributed by atoms with Crippen LogP contribution in [0.4, 0.5) is 0 Å². The average molecular weight is 521 g/mol. The lowest BCUT2D eigenvalue weighted by molar-refractivity contribution is -0.143. The Kier molecular flexibility index (Phi) is 10.2. The molecular weight excluding hydrogens is 484 g/mol. The molecule has 196 valence electrons. The van der Waals surface area contributed by atoms with E-state index in [0.717, 1.165) is 34.2 Å². The van der Waals surface area contributed by atoms with Crippen molar-refractivity contribution < 1.29 is 14.3 Å². The van der Waals surface area contributed by atoms with Crippen LogP contribution in [0.5, 0.6) is 5.75 Å². The lowest BCUT2D eigenvalue weighted by Crippen LogP contribution is -2.53. The van der Waals surface area contributed by atoms with E-state index in [1.165, 1.54) is 0 Å². The molecule has 0 saturated heterocycles. The van der Waals surface area contributed by atoms with E-state index in [2.05, 4.69) is 11.4 Å². The third kappa shape index (κ3) is 8.09. The van der Waals surface area contributed by atoms with Gasteiger partial charge in [0.05, 0.1) is 0 Å². The number of ether oxygens (including phenoxy) is 1. The quantitative estimate of drug-likeness (QED) is 0.327. The second kappa shape index (κ2) is 13.3. The van der Waals surface area contributed by atoms with Crippen LogP contribution in [0.25, 0.3) is 0 Å². The van der Waals surface area contributed by atoms with Gasteiger partial charge < -0.3 is 15.0 Å². The molecule has 2 amide bonds. The van der Waals surface area contributed by atoms with Crippen molar-refractivity contribution in [2.45, 2.75) is 66.1 Å². The maximum absolute atomic E-state index is 13.8. The zero-order valence-electron chi connectivity index (χ0n) is 22.4. The highest BCUT2D eigenvalue weighted by Gasteiger charge is 2.31. The van der Waals surface area contributed by atoms with Gasteiger partial charge in [-0.2, -0.15) is 0 Å². The van der Waals surface area contributed by atoms with Gasteiger partial charge in [0.25, 0.3) is 5.91 Å². The second-order valence-electron chi connectivity index (χ2n) is 9.67. The standard InChI is InChI=1S/C31H37ClN2O3/c1-6-23(4)33-31(36)28(18-25-10-8-7-9-11-25)34(19-26-12-14-27(32)15-13-26)30(35)20-37-29-17-21(2)16-22(3)24(29)5/h7-17,23,28H,6,18-20H2,1-5H3,(H,33,36)/t23-,28+/m1/s1. The summed E-state index contributed by atoms with van der Waals surface area (Å²) in [4.78, 5) is 28.9. The molecule has 5 nitrogen and oxygen atoms in total. The number of hydrogen-bond donors (Lipinski definition) is 1. The lowest BCUT2D eigenvalue weighted by Gasteiger charge is -2.32. The average Bonchev–Trinajstić information content (AvgIpc) is 2.88. The number of amides is 2. The number of rotatable bonds is 11. The first-order valence-corrected chi connectivity index (χ1v) is 13.1. The largest absolute Gasteiger partial charge is 0.483 e. The molecule has 0 heterocycles. The molecular formula is C31H37ClN2O3. The number of nitrogens with zero attached hydrogens (tertiary/aromatic N) is 1. The number of aryl methyl sites for hydroxylation is 2. The SMILES string of the molecule is CC[C@@H](C)NC(=O)[C@H](Cc1ccccc1)N(Cc1ccc(Cl)cc1)C(=O)COc1cc(C)cc(C)c1C. The summed E-state index contributed by atoms with van der Waals surface area (Å²) in [7, 11) is 0. The van der Waals surface area contributed by atoms with Gasteiger partial charge in [-0.15, -0.1) is 0 Å². The molecule has 0 bridgehead atoms. The Balaban J connectivity index is 1.94. The minimum Gasteiger partial charge on any atom is -0.483 e. The Bertz CT molecular complexity index is 1200. The maximum atomic E-state index is 13.8. The predicted molar refractivity (Wildman–Crippen MR) is 150 cm³/mol. The molecule has 0 aromatic heterocycles. The third-order valence-corrected chi connectivity index (χ3v) is 6.91. The highest BCUT2D eigenvalue weighted by Crippen LogP contribution is 2.24. The van der Waals surface area contributed by atoms with E-state index in [4.69, 9.17) is 16.3 Å². The number of benzene rings is 3. The molecule has 3 rings (SSSR count). The number of carbonyl (C=O) groups is 2. The van der Waals surface area contributed by atoms with Gasteiger partial charge in [-0.3, -0.25) is 9.59 Å². The Morgan fingerprint density at radius 3 is 2.30 bits per heavy atom. The molecule has 6 heteroatoms. The Labute approximate surface area is 225 Å². The van der Waals surface area contributed by atoms with Crippen LogP contribution in [0.15, 0.2) is 66.7 Å². The van der Waals surface area contributed by atoms with Crippen molar-refractivity contribution in [3.8, 4) is 5.75 Å². The van der Waals surface area contributed by atoms with Crippen molar-refractivity contribution in [1.29, 1.82) is 0 Å². The summed E-state index contributed by atoms with van der Waals surface area (Å²) in [6, 6.07) is 20.4. The molecule has 3 aromatic rings. The molecule has 0 unspecified atom stereocenters. The summed E-state index contributed by atoms with van der Waals surface area (Å²) >= 11 is 6.10. The van der Waals surface area contributed by atoms with E-state index in [1.807, 2.05) is 83.1 Å².